The van der Waals surface area contributed by atoms with E-state index >= 15 is 0 Å². The van der Waals surface area contributed by atoms with Crippen LogP contribution in [0.3, 0.4) is 0 Å². The molecule has 0 saturated heterocycles. The largest absolute Gasteiger partial charge is 0.368 e. The molecule has 3 N–H and O–H groups in total. The van der Waals surface area contributed by atoms with Crippen LogP contribution in [-0.2, 0) is 4.79 Å². The zero-order valence-corrected chi connectivity index (χ0v) is 12.0. The van der Waals surface area contributed by atoms with E-state index in [1.165, 1.54) is 32.1 Å². The van der Waals surface area contributed by atoms with Crippen LogP contribution in [0.1, 0.15) is 44.9 Å². The molecule has 3 aliphatic carbocycles. The number of nitrogens with zero attached hydrogens (tertiary/aromatic N) is 1. The highest BCUT2D eigenvalue weighted by Gasteiger charge is 2.52. The van der Waals surface area contributed by atoms with Crippen molar-refractivity contribution >= 4 is 5.91 Å². The third-order valence-corrected chi connectivity index (χ3v) is 5.07. The first kappa shape index (κ1) is 13.4. The first-order valence-corrected chi connectivity index (χ1v) is 7.86. The number of amides is 1. The van der Waals surface area contributed by atoms with Gasteiger partial charge in [0.05, 0.1) is 0 Å². The Hall–Kier alpha value is -0.610. The van der Waals surface area contributed by atoms with Crippen LogP contribution in [0.5, 0.6) is 0 Å². The van der Waals surface area contributed by atoms with E-state index in [0.717, 1.165) is 31.8 Å². The molecule has 0 aliphatic heterocycles. The van der Waals surface area contributed by atoms with Crippen LogP contribution in [0, 0.1) is 11.8 Å². The normalized spacial score (nSPS) is 27.1. The molecule has 0 heterocycles. The van der Waals surface area contributed by atoms with Crippen LogP contribution in [0.15, 0.2) is 0 Å². The van der Waals surface area contributed by atoms with Crippen LogP contribution in [0.4, 0.5) is 0 Å². The van der Waals surface area contributed by atoms with Crippen molar-refractivity contribution < 1.29 is 4.79 Å². The minimum atomic E-state index is -0.459. The number of nitrogens with two attached hydrogens (primary N) is 1. The highest BCUT2D eigenvalue weighted by atomic mass is 16.1. The standard InChI is InChI=1S/C15H27N3O/c1-18(9-11-3-2-4-11)10-15(14(16)19,12-5-6-12)17-13-7-8-13/h11-13,17H,2-10H2,1H3,(H2,16,19). The lowest BCUT2D eigenvalue weighted by Crippen LogP contribution is -2.63. The molecule has 19 heavy (non-hydrogen) atoms. The number of nitrogens with one attached hydrogen (secondary N) is 1. The molecular formula is C15H27N3O. The quantitative estimate of drug-likeness (QED) is 0.691. The van der Waals surface area contributed by atoms with Crippen molar-refractivity contribution in [3.05, 3.63) is 0 Å². The lowest BCUT2D eigenvalue weighted by Gasteiger charge is -2.38. The van der Waals surface area contributed by atoms with Gasteiger partial charge in [-0.05, 0) is 57.4 Å². The van der Waals surface area contributed by atoms with Gasteiger partial charge in [-0.15, -0.1) is 0 Å². The van der Waals surface area contributed by atoms with Crippen LogP contribution in [0.2, 0.25) is 0 Å². The predicted octanol–water partition coefficient (Wildman–Crippen LogP) is 1.10. The van der Waals surface area contributed by atoms with Gasteiger partial charge in [-0.25, -0.2) is 0 Å². The number of rotatable bonds is 8. The molecule has 3 aliphatic rings. The van der Waals surface area contributed by atoms with E-state index in [9.17, 15) is 4.79 Å². The van der Waals surface area contributed by atoms with Crippen LogP contribution < -0.4 is 11.1 Å². The molecule has 1 atom stereocenters. The van der Waals surface area contributed by atoms with Crippen molar-refractivity contribution in [1.82, 2.24) is 10.2 Å². The maximum Gasteiger partial charge on any atom is 0.239 e. The Bertz CT molecular complexity index is 347. The molecule has 0 aromatic carbocycles. The molecule has 1 unspecified atom stereocenters. The van der Waals surface area contributed by atoms with Crippen molar-refractivity contribution in [2.45, 2.75) is 56.5 Å². The highest BCUT2D eigenvalue weighted by Crippen LogP contribution is 2.42. The minimum absolute atomic E-state index is 0.137. The van der Waals surface area contributed by atoms with Crippen molar-refractivity contribution in [1.29, 1.82) is 0 Å². The molecule has 4 heteroatoms. The fourth-order valence-electron chi connectivity index (χ4n) is 3.42. The second-order valence-corrected chi connectivity index (χ2v) is 7.02. The molecule has 3 saturated carbocycles. The third-order valence-electron chi connectivity index (χ3n) is 5.07. The van der Waals surface area contributed by atoms with Crippen LogP contribution in [0.25, 0.3) is 0 Å². The van der Waals surface area contributed by atoms with Gasteiger partial charge in [0.15, 0.2) is 0 Å². The Morgan fingerprint density at radius 3 is 2.37 bits per heavy atom. The van der Waals surface area contributed by atoms with E-state index in [4.69, 9.17) is 5.73 Å². The Morgan fingerprint density at radius 1 is 1.26 bits per heavy atom. The summed E-state index contributed by atoms with van der Waals surface area (Å²) < 4.78 is 0. The minimum Gasteiger partial charge on any atom is -0.368 e. The first-order chi connectivity index (χ1) is 9.10. The maximum absolute atomic E-state index is 12.1. The monoisotopic (exact) mass is 265 g/mol. The summed E-state index contributed by atoms with van der Waals surface area (Å²) in [5.41, 5.74) is 5.33. The summed E-state index contributed by atoms with van der Waals surface area (Å²) in [5, 5.41) is 3.59. The molecule has 3 fully saturated rings. The van der Waals surface area contributed by atoms with E-state index in [1.807, 2.05) is 0 Å². The lowest BCUT2D eigenvalue weighted by atomic mass is 9.84. The predicted molar refractivity (Wildman–Crippen MR) is 75.6 cm³/mol. The number of carbonyl (C=O) groups is 1. The summed E-state index contributed by atoms with van der Waals surface area (Å²) in [4.78, 5) is 14.4. The molecule has 0 spiro atoms. The van der Waals surface area contributed by atoms with Crippen LogP contribution in [-0.4, -0.2) is 42.5 Å². The fraction of sp³-hybridized carbons (Fsp3) is 0.933. The summed E-state index contributed by atoms with van der Waals surface area (Å²) in [6, 6.07) is 0.533. The zero-order chi connectivity index (χ0) is 13.5. The molecular weight excluding hydrogens is 238 g/mol. The molecule has 3 rings (SSSR count). The zero-order valence-electron chi connectivity index (χ0n) is 12.0. The van der Waals surface area contributed by atoms with Crippen LogP contribution >= 0.6 is 0 Å². The first-order valence-electron chi connectivity index (χ1n) is 7.86. The van der Waals surface area contributed by atoms with Crippen molar-refractivity contribution in [3.8, 4) is 0 Å². The average Bonchev–Trinajstić information content (AvgIpc) is 3.12. The molecule has 0 radical (unpaired) electrons. The maximum atomic E-state index is 12.1. The Kier molecular flexibility index (Phi) is 3.56. The van der Waals surface area contributed by atoms with Gasteiger partial charge < -0.3 is 10.6 Å². The van der Waals surface area contributed by atoms with Gasteiger partial charge in [0.25, 0.3) is 0 Å². The van der Waals surface area contributed by atoms with Gasteiger partial charge in [0, 0.05) is 19.1 Å². The number of primary amides is 1. The number of likely N-dealkylation sites (N-methyl/N-ethyl adjacent to an activating group) is 1. The van der Waals surface area contributed by atoms with Gasteiger partial charge in [-0.3, -0.25) is 10.1 Å². The third kappa shape index (κ3) is 2.95. The van der Waals surface area contributed by atoms with Crippen molar-refractivity contribution in [2.24, 2.45) is 17.6 Å². The van der Waals surface area contributed by atoms with E-state index in [2.05, 4.69) is 17.3 Å². The fourth-order valence-corrected chi connectivity index (χ4v) is 3.42. The van der Waals surface area contributed by atoms with Gasteiger partial charge in [0.1, 0.15) is 5.54 Å². The molecule has 4 nitrogen and oxygen atoms in total. The Labute approximate surface area is 116 Å². The topological polar surface area (TPSA) is 58.4 Å². The van der Waals surface area contributed by atoms with E-state index in [0.29, 0.717) is 12.0 Å². The van der Waals surface area contributed by atoms with E-state index < -0.39 is 5.54 Å². The molecule has 108 valence electrons. The Balaban J connectivity index is 1.64. The van der Waals surface area contributed by atoms with Gasteiger partial charge >= 0.3 is 0 Å². The molecule has 0 aromatic rings. The van der Waals surface area contributed by atoms with E-state index in [-0.39, 0.29) is 5.91 Å². The van der Waals surface area contributed by atoms with Crippen molar-refractivity contribution in [2.75, 3.05) is 20.1 Å². The molecule has 0 bridgehead atoms. The van der Waals surface area contributed by atoms with Gasteiger partial charge in [-0.1, -0.05) is 6.42 Å². The smallest absolute Gasteiger partial charge is 0.239 e. The molecule has 1 amide bonds. The lowest BCUT2D eigenvalue weighted by molar-refractivity contribution is -0.126. The summed E-state index contributed by atoms with van der Waals surface area (Å²) in [5.74, 6) is 1.17. The van der Waals surface area contributed by atoms with Gasteiger partial charge in [-0.2, -0.15) is 0 Å². The molecule has 0 aromatic heterocycles. The van der Waals surface area contributed by atoms with Gasteiger partial charge in [0.2, 0.25) is 5.91 Å². The number of hydrogen-bond acceptors (Lipinski definition) is 3. The summed E-state index contributed by atoms with van der Waals surface area (Å²) in [6.45, 7) is 1.91. The number of hydrogen-bond donors (Lipinski definition) is 2. The summed E-state index contributed by atoms with van der Waals surface area (Å²) in [6.07, 6.45) is 8.80. The van der Waals surface area contributed by atoms with E-state index in [1.54, 1.807) is 0 Å². The SMILES string of the molecule is CN(CC1CCC1)CC(NC1CC1)(C(N)=O)C1CC1. The highest BCUT2D eigenvalue weighted by molar-refractivity contribution is 5.86. The summed E-state index contributed by atoms with van der Waals surface area (Å²) >= 11 is 0. The Morgan fingerprint density at radius 2 is 1.95 bits per heavy atom. The second kappa shape index (κ2) is 5.06. The van der Waals surface area contributed by atoms with Crippen molar-refractivity contribution in [3.63, 3.8) is 0 Å². The second-order valence-electron chi connectivity index (χ2n) is 7.02. The average molecular weight is 265 g/mol. The summed E-state index contributed by atoms with van der Waals surface area (Å²) in [7, 11) is 2.15. The number of carbonyl (C=O) groups excluding carboxylic acids is 1.